The van der Waals surface area contributed by atoms with Crippen molar-refractivity contribution >= 4 is 11.8 Å². The molecule has 114 valence electrons. The van der Waals surface area contributed by atoms with Gasteiger partial charge in [-0.3, -0.25) is 14.5 Å². The van der Waals surface area contributed by atoms with Crippen molar-refractivity contribution in [2.24, 2.45) is 11.1 Å². The first-order valence-electron chi connectivity index (χ1n) is 7.60. The highest BCUT2D eigenvalue weighted by Gasteiger charge is 2.45. The number of nitrogens with two attached hydrogens (primary N) is 1. The predicted octanol–water partition coefficient (Wildman–Crippen LogP) is -0.604. The summed E-state index contributed by atoms with van der Waals surface area (Å²) >= 11 is 0. The molecule has 0 atom stereocenters. The van der Waals surface area contributed by atoms with Crippen molar-refractivity contribution in [3.63, 3.8) is 0 Å². The van der Waals surface area contributed by atoms with Crippen LogP contribution in [0.2, 0.25) is 0 Å². The normalized spacial score (nSPS) is 22.2. The van der Waals surface area contributed by atoms with E-state index in [1.807, 2.05) is 11.8 Å². The average Bonchev–Trinajstić information content (AvgIpc) is 2.39. The number of carbonyl (C=O) groups is 2. The predicted molar refractivity (Wildman–Crippen MR) is 77.0 cm³/mol. The summed E-state index contributed by atoms with van der Waals surface area (Å²) in [4.78, 5) is 28.1. The molecule has 1 saturated carbocycles. The van der Waals surface area contributed by atoms with Crippen LogP contribution in [0.3, 0.4) is 0 Å². The molecule has 0 bridgehead atoms. The monoisotopic (exact) mass is 282 g/mol. The minimum Gasteiger partial charge on any atom is -0.355 e. The highest BCUT2D eigenvalue weighted by molar-refractivity contribution is 5.84. The lowest BCUT2D eigenvalue weighted by Gasteiger charge is -2.45. The summed E-state index contributed by atoms with van der Waals surface area (Å²) in [5.41, 5.74) is 5.52. The Morgan fingerprint density at radius 1 is 1.20 bits per heavy atom. The van der Waals surface area contributed by atoms with Gasteiger partial charge in [-0.2, -0.15) is 0 Å². The highest BCUT2D eigenvalue weighted by Crippen LogP contribution is 2.41. The van der Waals surface area contributed by atoms with Crippen molar-refractivity contribution < 1.29 is 9.59 Å². The fourth-order valence-corrected chi connectivity index (χ4v) is 3.01. The zero-order chi connectivity index (χ0) is 14.6. The van der Waals surface area contributed by atoms with Crippen molar-refractivity contribution in [1.82, 2.24) is 15.1 Å². The number of hydrogen-bond acceptors (Lipinski definition) is 4. The van der Waals surface area contributed by atoms with Gasteiger partial charge in [0.2, 0.25) is 11.8 Å². The second-order valence-corrected chi connectivity index (χ2v) is 5.86. The molecule has 1 aliphatic heterocycles. The first-order valence-corrected chi connectivity index (χ1v) is 7.60. The summed E-state index contributed by atoms with van der Waals surface area (Å²) in [6.45, 7) is 6.42. The molecule has 2 rings (SSSR count). The summed E-state index contributed by atoms with van der Waals surface area (Å²) in [6.07, 6.45) is 2.98. The Morgan fingerprint density at radius 3 is 2.30 bits per heavy atom. The van der Waals surface area contributed by atoms with Crippen LogP contribution >= 0.6 is 0 Å². The zero-order valence-electron chi connectivity index (χ0n) is 12.4. The Morgan fingerprint density at radius 2 is 1.85 bits per heavy atom. The average molecular weight is 282 g/mol. The van der Waals surface area contributed by atoms with Gasteiger partial charge >= 0.3 is 0 Å². The number of nitrogens with one attached hydrogen (secondary N) is 1. The van der Waals surface area contributed by atoms with Crippen LogP contribution in [0.25, 0.3) is 0 Å². The Balaban J connectivity index is 1.79. The van der Waals surface area contributed by atoms with Gasteiger partial charge in [-0.25, -0.2) is 0 Å². The molecular formula is C14H26N4O2. The van der Waals surface area contributed by atoms with E-state index >= 15 is 0 Å². The van der Waals surface area contributed by atoms with E-state index in [1.54, 1.807) is 0 Å². The number of carbonyl (C=O) groups excluding carboxylic acids is 2. The van der Waals surface area contributed by atoms with Crippen molar-refractivity contribution in [1.29, 1.82) is 0 Å². The quantitative estimate of drug-likeness (QED) is 0.705. The standard InChI is InChI=1S/C14H26N4O2/c1-2-16-12(19)10-17-6-8-18(9-7-17)13(20)14(11-15)4-3-5-14/h2-11,15H2,1H3,(H,16,19). The molecule has 0 aromatic heterocycles. The van der Waals surface area contributed by atoms with Gasteiger partial charge in [0.05, 0.1) is 12.0 Å². The highest BCUT2D eigenvalue weighted by atomic mass is 16.2. The molecule has 0 aromatic carbocycles. The number of amides is 2. The summed E-state index contributed by atoms with van der Waals surface area (Å²) in [7, 11) is 0. The van der Waals surface area contributed by atoms with Crippen LogP contribution in [-0.2, 0) is 9.59 Å². The van der Waals surface area contributed by atoms with Crippen LogP contribution in [0.5, 0.6) is 0 Å². The number of rotatable bonds is 5. The van der Waals surface area contributed by atoms with Crippen LogP contribution in [0.1, 0.15) is 26.2 Å². The molecule has 2 amide bonds. The molecule has 1 aliphatic carbocycles. The molecule has 2 fully saturated rings. The molecule has 0 radical (unpaired) electrons. The molecule has 0 aromatic rings. The Labute approximate surface area is 120 Å². The van der Waals surface area contributed by atoms with E-state index in [2.05, 4.69) is 10.2 Å². The van der Waals surface area contributed by atoms with Crippen LogP contribution in [0, 0.1) is 5.41 Å². The Hall–Kier alpha value is -1.14. The molecule has 6 nitrogen and oxygen atoms in total. The van der Waals surface area contributed by atoms with E-state index in [4.69, 9.17) is 5.73 Å². The topological polar surface area (TPSA) is 78.7 Å². The van der Waals surface area contributed by atoms with E-state index in [9.17, 15) is 9.59 Å². The van der Waals surface area contributed by atoms with Gasteiger partial charge < -0.3 is 16.0 Å². The Kier molecular flexibility index (Phi) is 4.99. The van der Waals surface area contributed by atoms with Gasteiger partial charge in [-0.05, 0) is 19.8 Å². The molecule has 20 heavy (non-hydrogen) atoms. The molecule has 6 heteroatoms. The SMILES string of the molecule is CCNC(=O)CN1CCN(C(=O)C2(CN)CCC2)CC1. The van der Waals surface area contributed by atoms with Crippen LogP contribution in [0.4, 0.5) is 0 Å². The third-order valence-corrected chi connectivity index (χ3v) is 4.56. The molecule has 0 unspecified atom stereocenters. The van der Waals surface area contributed by atoms with E-state index in [0.717, 1.165) is 32.4 Å². The maximum atomic E-state index is 12.5. The van der Waals surface area contributed by atoms with E-state index in [0.29, 0.717) is 32.7 Å². The molecule has 3 N–H and O–H groups in total. The van der Waals surface area contributed by atoms with Crippen molar-refractivity contribution in [2.75, 3.05) is 45.8 Å². The minimum atomic E-state index is -0.276. The van der Waals surface area contributed by atoms with Crippen LogP contribution in [-0.4, -0.2) is 67.4 Å². The Bertz CT molecular complexity index is 355. The largest absolute Gasteiger partial charge is 0.355 e. The second kappa shape index (κ2) is 6.54. The molecule has 0 spiro atoms. The zero-order valence-corrected chi connectivity index (χ0v) is 12.4. The van der Waals surface area contributed by atoms with Gasteiger partial charge in [0.25, 0.3) is 0 Å². The number of nitrogens with zero attached hydrogens (tertiary/aromatic N) is 2. The molecule has 2 aliphatic rings. The molecular weight excluding hydrogens is 256 g/mol. The summed E-state index contributed by atoms with van der Waals surface area (Å²) in [5, 5.41) is 2.80. The maximum absolute atomic E-state index is 12.5. The molecule has 1 heterocycles. The van der Waals surface area contributed by atoms with Crippen molar-refractivity contribution in [3.8, 4) is 0 Å². The first-order chi connectivity index (χ1) is 9.61. The van der Waals surface area contributed by atoms with E-state index < -0.39 is 0 Å². The second-order valence-electron chi connectivity index (χ2n) is 5.86. The van der Waals surface area contributed by atoms with Crippen LogP contribution in [0.15, 0.2) is 0 Å². The third kappa shape index (κ3) is 3.12. The lowest BCUT2D eigenvalue weighted by atomic mass is 9.67. The summed E-state index contributed by atoms with van der Waals surface area (Å²) in [5.74, 6) is 0.286. The fourth-order valence-electron chi connectivity index (χ4n) is 3.01. The van der Waals surface area contributed by atoms with E-state index in [1.165, 1.54) is 0 Å². The van der Waals surface area contributed by atoms with E-state index in [-0.39, 0.29) is 17.2 Å². The van der Waals surface area contributed by atoms with Crippen LogP contribution < -0.4 is 11.1 Å². The summed E-state index contributed by atoms with van der Waals surface area (Å²) in [6, 6.07) is 0. The van der Waals surface area contributed by atoms with Gasteiger partial charge in [-0.1, -0.05) is 6.42 Å². The van der Waals surface area contributed by atoms with Gasteiger partial charge in [0, 0.05) is 39.3 Å². The molecule has 1 saturated heterocycles. The van der Waals surface area contributed by atoms with Gasteiger partial charge in [0.1, 0.15) is 0 Å². The number of likely N-dealkylation sites (N-methyl/N-ethyl adjacent to an activating group) is 1. The van der Waals surface area contributed by atoms with Crippen molar-refractivity contribution in [3.05, 3.63) is 0 Å². The number of piperazine rings is 1. The smallest absolute Gasteiger partial charge is 0.234 e. The summed E-state index contributed by atoms with van der Waals surface area (Å²) < 4.78 is 0. The maximum Gasteiger partial charge on any atom is 0.234 e. The first kappa shape index (κ1) is 15.3. The van der Waals surface area contributed by atoms with Gasteiger partial charge in [0.15, 0.2) is 0 Å². The van der Waals surface area contributed by atoms with Gasteiger partial charge in [-0.15, -0.1) is 0 Å². The fraction of sp³-hybridized carbons (Fsp3) is 0.857. The third-order valence-electron chi connectivity index (χ3n) is 4.56. The lowest BCUT2D eigenvalue weighted by Crippen LogP contribution is -2.57. The van der Waals surface area contributed by atoms with Crippen molar-refractivity contribution in [2.45, 2.75) is 26.2 Å². The lowest BCUT2D eigenvalue weighted by molar-refractivity contribution is -0.148. The number of hydrogen-bond donors (Lipinski definition) is 2. The minimum absolute atomic E-state index is 0.0599.